The molecule has 0 bridgehead atoms. The molecule has 1 N–H and O–H groups in total. The van der Waals surface area contributed by atoms with E-state index >= 15 is 0 Å². The topological polar surface area (TPSA) is 171 Å². The summed E-state index contributed by atoms with van der Waals surface area (Å²) in [5.74, 6) is -2.44. The summed E-state index contributed by atoms with van der Waals surface area (Å²) in [6, 6.07) is 26.2. The first-order chi connectivity index (χ1) is 24.8. The maximum atomic E-state index is 13.9. The highest BCUT2D eigenvalue weighted by Crippen LogP contribution is 2.44. The van der Waals surface area contributed by atoms with Crippen molar-refractivity contribution in [2.24, 2.45) is 0 Å². The van der Waals surface area contributed by atoms with Crippen LogP contribution in [-0.2, 0) is 40.0 Å². The van der Waals surface area contributed by atoms with E-state index in [9.17, 15) is 32.9 Å². The molecule has 1 fully saturated rings. The van der Waals surface area contributed by atoms with Gasteiger partial charge in [-0.15, -0.1) is 0 Å². The molecule has 52 heavy (non-hydrogen) atoms. The number of para-hydroxylation sites is 1. The summed E-state index contributed by atoms with van der Waals surface area (Å²) < 4.78 is 43.2. The van der Waals surface area contributed by atoms with Gasteiger partial charge in [0.15, 0.2) is 12.3 Å². The third kappa shape index (κ3) is 9.51. The lowest BCUT2D eigenvalue weighted by Crippen LogP contribution is -2.69. The number of aryl methyl sites for hydroxylation is 2. The van der Waals surface area contributed by atoms with Crippen molar-refractivity contribution < 1.29 is 41.4 Å². The van der Waals surface area contributed by atoms with Crippen molar-refractivity contribution in [2.75, 3.05) is 6.61 Å². The van der Waals surface area contributed by atoms with Gasteiger partial charge in [0.2, 0.25) is 0 Å². The molecule has 2 atom stereocenters. The maximum absolute atomic E-state index is 13.9. The second-order valence-corrected chi connectivity index (χ2v) is 15.4. The number of nitrogens with zero attached hydrogens (tertiary/aromatic N) is 2. The monoisotopic (exact) mass is 763 g/mol. The van der Waals surface area contributed by atoms with Crippen LogP contribution >= 0.6 is 21.6 Å². The van der Waals surface area contributed by atoms with Crippen LogP contribution in [0.25, 0.3) is 0 Å². The molecule has 0 aliphatic carbocycles. The number of allylic oxidation sites excluding steroid dienone is 1. The first-order valence-corrected chi connectivity index (χ1v) is 19.3. The number of rotatable bonds is 15. The van der Waals surface area contributed by atoms with Crippen LogP contribution in [0.5, 0.6) is 5.75 Å². The van der Waals surface area contributed by atoms with Crippen molar-refractivity contribution in [2.45, 2.75) is 48.6 Å². The zero-order chi connectivity index (χ0) is 37.4. The lowest BCUT2D eigenvalue weighted by Gasteiger charge is -2.46. The molecular weight excluding hydrogens is 731 g/mol. The van der Waals surface area contributed by atoms with Crippen LogP contribution in [0, 0.1) is 24.0 Å². The van der Waals surface area contributed by atoms with E-state index in [1.165, 1.54) is 54.1 Å². The normalized spacial score (nSPS) is 15.9. The first-order valence-electron chi connectivity index (χ1n) is 15.6. The SMILES string of the molecule is CC(OS(=O)(=O)c1ccc(C)cc1)=C(C(=O)OCc1ccc([N+](=O)[O-])cc1)N1C(=O)C(NC(=O)COc2ccccc2)C1SSc1ccc(C)cc1. The molecule has 2 unspecified atom stereocenters. The zero-order valence-electron chi connectivity index (χ0n) is 28.1. The van der Waals surface area contributed by atoms with E-state index in [2.05, 4.69) is 5.32 Å². The number of likely N-dealkylation sites (tertiary alicyclic amines) is 1. The van der Waals surface area contributed by atoms with Gasteiger partial charge >= 0.3 is 16.1 Å². The number of nitro benzene ring substituents is 1. The fraction of sp³-hybridized carbons (Fsp3) is 0.194. The highest BCUT2D eigenvalue weighted by Gasteiger charge is 2.53. The van der Waals surface area contributed by atoms with Crippen LogP contribution in [0.2, 0.25) is 0 Å². The Morgan fingerprint density at radius 3 is 2.13 bits per heavy atom. The summed E-state index contributed by atoms with van der Waals surface area (Å²) in [4.78, 5) is 52.9. The summed E-state index contributed by atoms with van der Waals surface area (Å²) in [6.07, 6.45) is 0. The second kappa shape index (κ2) is 16.8. The largest absolute Gasteiger partial charge is 0.484 e. The number of benzene rings is 4. The molecule has 0 spiro atoms. The minimum absolute atomic E-state index is 0.166. The Morgan fingerprint density at radius 1 is 0.904 bits per heavy atom. The molecule has 270 valence electrons. The Labute approximate surface area is 308 Å². The van der Waals surface area contributed by atoms with Gasteiger partial charge in [-0.2, -0.15) is 8.42 Å². The van der Waals surface area contributed by atoms with E-state index in [0.717, 1.165) is 31.7 Å². The van der Waals surface area contributed by atoms with Gasteiger partial charge in [-0.3, -0.25) is 24.6 Å². The van der Waals surface area contributed by atoms with Gasteiger partial charge in [-0.25, -0.2) is 4.79 Å². The minimum atomic E-state index is -4.48. The van der Waals surface area contributed by atoms with Crippen molar-refractivity contribution in [3.8, 4) is 5.75 Å². The number of carbonyl (C=O) groups excluding carboxylic acids is 3. The van der Waals surface area contributed by atoms with Gasteiger partial charge in [0.1, 0.15) is 34.4 Å². The summed E-state index contributed by atoms with van der Waals surface area (Å²) >= 11 is 0. The van der Waals surface area contributed by atoms with Crippen molar-refractivity contribution in [1.82, 2.24) is 10.2 Å². The van der Waals surface area contributed by atoms with Gasteiger partial charge < -0.3 is 19.0 Å². The lowest BCUT2D eigenvalue weighted by molar-refractivity contribution is -0.384. The quantitative estimate of drug-likeness (QED) is 0.0217. The minimum Gasteiger partial charge on any atom is -0.484 e. The van der Waals surface area contributed by atoms with Crippen molar-refractivity contribution in [3.05, 3.63) is 141 Å². The zero-order valence-corrected chi connectivity index (χ0v) is 30.5. The van der Waals surface area contributed by atoms with E-state index in [0.29, 0.717) is 11.3 Å². The van der Waals surface area contributed by atoms with Gasteiger partial charge in [-0.05, 0) is 74.9 Å². The fourth-order valence-corrected chi connectivity index (χ4v) is 8.39. The molecule has 4 aromatic rings. The number of β-lactam (4-membered cyclic amide) rings is 1. The molecule has 16 heteroatoms. The second-order valence-electron chi connectivity index (χ2n) is 11.5. The summed E-state index contributed by atoms with van der Waals surface area (Å²) in [5, 5.41) is 12.8. The number of hydrogen-bond acceptors (Lipinski definition) is 12. The third-order valence-electron chi connectivity index (χ3n) is 7.57. The number of ether oxygens (including phenoxy) is 2. The predicted molar refractivity (Wildman–Crippen MR) is 194 cm³/mol. The Bertz CT molecular complexity index is 2070. The average molecular weight is 764 g/mol. The molecule has 1 heterocycles. The van der Waals surface area contributed by atoms with Crippen molar-refractivity contribution >= 4 is 55.2 Å². The third-order valence-corrected chi connectivity index (χ3v) is 11.6. The molecule has 0 radical (unpaired) electrons. The Morgan fingerprint density at radius 2 is 1.52 bits per heavy atom. The summed E-state index contributed by atoms with van der Waals surface area (Å²) in [6.45, 7) is 4.17. The van der Waals surface area contributed by atoms with Crippen LogP contribution in [0.3, 0.4) is 0 Å². The van der Waals surface area contributed by atoms with E-state index in [4.69, 9.17) is 13.7 Å². The summed E-state index contributed by atoms with van der Waals surface area (Å²) in [7, 11) is -2.05. The van der Waals surface area contributed by atoms with E-state index < -0.39 is 62.3 Å². The highest BCUT2D eigenvalue weighted by molar-refractivity contribution is 8.77. The molecule has 0 saturated carbocycles. The van der Waals surface area contributed by atoms with E-state index in [1.807, 2.05) is 31.2 Å². The first kappa shape index (κ1) is 37.9. The Kier molecular flexibility index (Phi) is 12.3. The van der Waals surface area contributed by atoms with Gasteiger partial charge in [-0.1, -0.05) is 75.2 Å². The molecule has 5 rings (SSSR count). The van der Waals surface area contributed by atoms with E-state index in [-0.39, 0.29) is 17.2 Å². The van der Waals surface area contributed by atoms with E-state index in [1.54, 1.807) is 49.4 Å². The Hall–Kier alpha value is -5.32. The van der Waals surface area contributed by atoms with Crippen molar-refractivity contribution in [3.63, 3.8) is 0 Å². The maximum Gasteiger partial charge on any atom is 0.359 e. The molecular formula is C36H33N3O10S3. The van der Waals surface area contributed by atoms with Crippen molar-refractivity contribution in [1.29, 1.82) is 0 Å². The van der Waals surface area contributed by atoms with Gasteiger partial charge in [0.05, 0.1) is 4.92 Å². The smallest absolute Gasteiger partial charge is 0.359 e. The van der Waals surface area contributed by atoms with Crippen LogP contribution < -0.4 is 10.1 Å². The van der Waals surface area contributed by atoms with Crippen LogP contribution in [0.15, 0.2) is 124 Å². The number of nitro groups is 1. The molecule has 4 aromatic carbocycles. The Balaban J connectivity index is 1.45. The van der Waals surface area contributed by atoms with Gasteiger partial charge in [0.25, 0.3) is 17.5 Å². The van der Waals surface area contributed by atoms with Gasteiger partial charge in [0, 0.05) is 17.0 Å². The number of nitrogens with one attached hydrogen (secondary N) is 1. The molecule has 1 saturated heterocycles. The van der Waals surface area contributed by atoms with Crippen LogP contribution in [0.1, 0.15) is 23.6 Å². The number of hydrogen-bond donors (Lipinski definition) is 1. The average Bonchev–Trinajstić information content (AvgIpc) is 3.13. The predicted octanol–water partition coefficient (Wildman–Crippen LogP) is 6.06. The highest BCUT2D eigenvalue weighted by atomic mass is 33.1. The molecule has 1 aliphatic heterocycles. The number of esters is 1. The van der Waals surface area contributed by atoms with Crippen LogP contribution in [0.4, 0.5) is 5.69 Å². The lowest BCUT2D eigenvalue weighted by atomic mass is 10.1. The molecule has 0 aromatic heterocycles. The summed E-state index contributed by atoms with van der Waals surface area (Å²) in [5.41, 5.74) is 1.56. The molecule has 2 amide bonds. The van der Waals surface area contributed by atoms with Crippen LogP contribution in [-0.4, -0.2) is 54.0 Å². The standard InChI is InChI=1S/C36H33N3O10S3/c1-23-9-17-29(18-10-23)50-51-35-32(37-31(40)22-47-28-7-5-4-6-8-28)34(41)38(35)33(25(3)49-52(45,46)30-19-11-24(2)12-20-30)36(42)48-21-26-13-15-27(16-14-26)39(43)44/h4-20,32,35H,21-22H2,1-3H3,(H,37,40). The fourth-order valence-electron chi connectivity index (χ4n) is 4.81. The number of amides is 2. The number of non-ortho nitro benzene ring substituents is 1. The molecule has 1 aliphatic rings. The number of carbonyl (C=O) groups is 3. The molecule has 13 nitrogen and oxygen atoms in total.